The molecule has 0 saturated carbocycles. The van der Waals surface area contributed by atoms with Gasteiger partial charge in [0.15, 0.2) is 17.5 Å². The van der Waals surface area contributed by atoms with E-state index in [1.165, 1.54) is 0 Å². The van der Waals surface area contributed by atoms with Gasteiger partial charge in [0, 0.05) is 43.8 Å². The highest BCUT2D eigenvalue weighted by atomic mass is 16.3. The van der Waals surface area contributed by atoms with Crippen LogP contribution in [0.2, 0.25) is 0 Å². The van der Waals surface area contributed by atoms with Gasteiger partial charge < -0.3 is 8.83 Å². The van der Waals surface area contributed by atoms with Crippen molar-refractivity contribution in [3.63, 3.8) is 0 Å². The zero-order valence-corrected chi connectivity index (χ0v) is 26.7. The van der Waals surface area contributed by atoms with Gasteiger partial charge in [-0.1, -0.05) is 127 Å². The fourth-order valence-electron chi connectivity index (χ4n) is 7.02. The maximum atomic E-state index is 6.61. The molecule has 234 valence electrons. The van der Waals surface area contributed by atoms with Crippen molar-refractivity contribution in [3.05, 3.63) is 164 Å². The first kappa shape index (κ1) is 28.2. The zero-order chi connectivity index (χ0) is 33.0. The Balaban J connectivity index is 1.21. The van der Waals surface area contributed by atoms with E-state index in [1.54, 1.807) is 0 Å². The van der Waals surface area contributed by atoms with Crippen LogP contribution >= 0.6 is 0 Å². The summed E-state index contributed by atoms with van der Waals surface area (Å²) in [5.74, 6) is 1.79. The van der Waals surface area contributed by atoms with Crippen LogP contribution in [-0.4, -0.2) is 15.0 Å². The lowest BCUT2D eigenvalue weighted by Crippen LogP contribution is -2.01. The maximum Gasteiger partial charge on any atom is 0.164 e. The average molecular weight is 642 g/mol. The summed E-state index contributed by atoms with van der Waals surface area (Å²) in [5, 5.41) is 4.20. The van der Waals surface area contributed by atoms with Crippen LogP contribution in [-0.2, 0) is 0 Å². The highest BCUT2D eigenvalue weighted by Crippen LogP contribution is 2.44. The normalized spacial score (nSPS) is 11.6. The first-order chi connectivity index (χ1) is 24.8. The average Bonchev–Trinajstić information content (AvgIpc) is 3.77. The van der Waals surface area contributed by atoms with Crippen molar-refractivity contribution in [3.8, 4) is 56.4 Å². The van der Waals surface area contributed by atoms with E-state index in [-0.39, 0.29) is 0 Å². The summed E-state index contributed by atoms with van der Waals surface area (Å²) in [4.78, 5) is 15.3. The number of benzene rings is 7. The van der Waals surface area contributed by atoms with Gasteiger partial charge in [-0.3, -0.25) is 0 Å². The fourth-order valence-corrected chi connectivity index (χ4v) is 7.02. The molecule has 50 heavy (non-hydrogen) atoms. The van der Waals surface area contributed by atoms with Crippen LogP contribution in [0.4, 0.5) is 0 Å². The summed E-state index contributed by atoms with van der Waals surface area (Å²) in [5.41, 5.74) is 10.3. The molecule has 5 heteroatoms. The minimum absolute atomic E-state index is 0.592. The molecule has 0 aliphatic carbocycles. The Kier molecular flexibility index (Phi) is 6.42. The third-order valence-corrected chi connectivity index (χ3v) is 9.37. The lowest BCUT2D eigenvalue weighted by atomic mass is 9.92. The van der Waals surface area contributed by atoms with Crippen LogP contribution in [0.25, 0.3) is 100 Å². The van der Waals surface area contributed by atoms with Gasteiger partial charge in [0.1, 0.15) is 22.3 Å². The molecule has 0 fully saturated rings. The standard InChI is InChI=1S/C45H27N3O2/c1-3-13-28(14-4-1)31-24-25-34(41-36-20-10-12-22-39(36)50-42(31)41)32-17-7-8-19-35(32)45-47-43(29-15-5-2-6-16-29)46-44(48-45)30-23-26-40-37(27-30)33-18-9-11-21-38(33)49-40/h1-27H. The van der Waals surface area contributed by atoms with Crippen LogP contribution in [0.3, 0.4) is 0 Å². The van der Waals surface area contributed by atoms with Crippen LogP contribution in [0.5, 0.6) is 0 Å². The van der Waals surface area contributed by atoms with Gasteiger partial charge in [-0.25, -0.2) is 15.0 Å². The van der Waals surface area contributed by atoms with Crippen molar-refractivity contribution in [1.29, 1.82) is 0 Å². The molecule has 0 spiro atoms. The van der Waals surface area contributed by atoms with Gasteiger partial charge in [-0.2, -0.15) is 0 Å². The number of rotatable bonds is 5. The van der Waals surface area contributed by atoms with Gasteiger partial charge in [0.2, 0.25) is 0 Å². The van der Waals surface area contributed by atoms with Crippen molar-refractivity contribution < 1.29 is 8.83 Å². The zero-order valence-electron chi connectivity index (χ0n) is 26.7. The maximum absolute atomic E-state index is 6.61. The topological polar surface area (TPSA) is 65.0 Å². The van der Waals surface area contributed by atoms with E-state index in [4.69, 9.17) is 23.8 Å². The SMILES string of the molecule is c1ccc(-c2nc(-c3ccc4oc5ccccc5c4c3)nc(-c3ccccc3-c3ccc(-c4ccccc4)c4oc5ccccc5c34)n2)cc1. The molecule has 0 saturated heterocycles. The summed E-state index contributed by atoms with van der Waals surface area (Å²) in [6.07, 6.45) is 0. The second-order valence-electron chi connectivity index (χ2n) is 12.4. The lowest BCUT2D eigenvalue weighted by molar-refractivity contribution is 0.669. The number of hydrogen-bond donors (Lipinski definition) is 0. The molecule has 0 aliphatic rings. The molecular formula is C45H27N3O2. The quantitative estimate of drug-likeness (QED) is 0.187. The summed E-state index contributed by atoms with van der Waals surface area (Å²) in [7, 11) is 0. The molecule has 0 amide bonds. The van der Waals surface area contributed by atoms with Crippen LogP contribution in [0, 0.1) is 0 Å². The summed E-state index contributed by atoms with van der Waals surface area (Å²) in [6, 6.07) is 55.6. The molecule has 3 aromatic heterocycles. The van der Waals surface area contributed by atoms with Gasteiger partial charge in [0.05, 0.1) is 0 Å². The largest absolute Gasteiger partial charge is 0.456 e. The van der Waals surface area contributed by atoms with Crippen molar-refractivity contribution in [2.24, 2.45) is 0 Å². The van der Waals surface area contributed by atoms with Crippen molar-refractivity contribution in [1.82, 2.24) is 15.0 Å². The molecule has 0 bridgehead atoms. The summed E-state index contributed by atoms with van der Waals surface area (Å²) in [6.45, 7) is 0. The fraction of sp³-hybridized carbons (Fsp3) is 0. The Morgan fingerprint density at radius 3 is 1.66 bits per heavy atom. The molecule has 0 N–H and O–H groups in total. The Morgan fingerprint density at radius 1 is 0.320 bits per heavy atom. The van der Waals surface area contributed by atoms with Crippen molar-refractivity contribution >= 4 is 43.9 Å². The smallest absolute Gasteiger partial charge is 0.164 e. The second kappa shape index (κ2) is 11.4. The van der Waals surface area contributed by atoms with E-state index in [9.17, 15) is 0 Å². The van der Waals surface area contributed by atoms with Crippen molar-refractivity contribution in [2.75, 3.05) is 0 Å². The Bertz CT molecular complexity index is 2870. The van der Waals surface area contributed by atoms with Crippen LogP contribution in [0.1, 0.15) is 0 Å². The molecule has 10 aromatic rings. The minimum Gasteiger partial charge on any atom is -0.456 e. The molecule has 0 atom stereocenters. The minimum atomic E-state index is 0.592. The summed E-state index contributed by atoms with van der Waals surface area (Å²) < 4.78 is 12.7. The molecule has 0 aliphatic heterocycles. The molecule has 10 rings (SSSR count). The van der Waals surface area contributed by atoms with E-state index in [2.05, 4.69) is 78.9 Å². The van der Waals surface area contributed by atoms with E-state index in [0.717, 1.165) is 82.8 Å². The monoisotopic (exact) mass is 641 g/mol. The number of para-hydroxylation sites is 2. The predicted octanol–water partition coefficient (Wildman–Crippen LogP) is 12.0. The third kappa shape index (κ3) is 4.60. The van der Waals surface area contributed by atoms with E-state index in [0.29, 0.717) is 17.5 Å². The molecule has 0 radical (unpaired) electrons. The third-order valence-electron chi connectivity index (χ3n) is 9.37. The number of nitrogens with zero attached hydrogens (tertiary/aromatic N) is 3. The molecule has 7 aromatic carbocycles. The molecule has 5 nitrogen and oxygen atoms in total. The molecular weight excluding hydrogens is 615 g/mol. The number of hydrogen-bond acceptors (Lipinski definition) is 5. The number of fused-ring (bicyclic) bond motifs is 6. The highest BCUT2D eigenvalue weighted by molar-refractivity contribution is 6.17. The van der Waals surface area contributed by atoms with Gasteiger partial charge in [0.25, 0.3) is 0 Å². The highest BCUT2D eigenvalue weighted by Gasteiger charge is 2.21. The van der Waals surface area contributed by atoms with Crippen LogP contribution < -0.4 is 0 Å². The van der Waals surface area contributed by atoms with Crippen LogP contribution in [0.15, 0.2) is 173 Å². The van der Waals surface area contributed by atoms with Gasteiger partial charge in [-0.05, 0) is 53.1 Å². The van der Waals surface area contributed by atoms with E-state index in [1.807, 2.05) is 84.9 Å². The number of furan rings is 2. The molecule has 3 heterocycles. The Hall–Kier alpha value is -6.85. The first-order valence-corrected chi connectivity index (χ1v) is 16.6. The van der Waals surface area contributed by atoms with E-state index >= 15 is 0 Å². The van der Waals surface area contributed by atoms with E-state index < -0.39 is 0 Å². The van der Waals surface area contributed by atoms with Crippen molar-refractivity contribution in [2.45, 2.75) is 0 Å². The second-order valence-corrected chi connectivity index (χ2v) is 12.4. The lowest BCUT2D eigenvalue weighted by Gasteiger charge is -2.14. The summed E-state index contributed by atoms with van der Waals surface area (Å²) >= 11 is 0. The van der Waals surface area contributed by atoms with Gasteiger partial charge >= 0.3 is 0 Å². The Labute approximate surface area is 287 Å². The number of aromatic nitrogens is 3. The predicted molar refractivity (Wildman–Crippen MR) is 202 cm³/mol. The van der Waals surface area contributed by atoms with Gasteiger partial charge in [-0.15, -0.1) is 0 Å². The first-order valence-electron chi connectivity index (χ1n) is 16.6. The Morgan fingerprint density at radius 2 is 0.880 bits per heavy atom. The molecule has 0 unspecified atom stereocenters.